The molecule has 0 atom stereocenters. The van der Waals surface area contributed by atoms with Gasteiger partial charge in [-0.1, -0.05) is 17.7 Å². The number of hydrogen-bond acceptors (Lipinski definition) is 4. The molecule has 1 aromatic carbocycles. The summed E-state index contributed by atoms with van der Waals surface area (Å²) in [4.78, 5) is 10.0. The SMILES string of the molecule is O=[N+]([O-])c1cccc(Cl)c1NCCSC(F)(F)F. The van der Waals surface area contributed by atoms with Crippen molar-refractivity contribution in [3.63, 3.8) is 0 Å². The Bertz CT molecular complexity index is 442. The number of halogens is 4. The summed E-state index contributed by atoms with van der Waals surface area (Å²) in [5.74, 6) is -0.258. The van der Waals surface area contributed by atoms with Gasteiger partial charge in [0.1, 0.15) is 5.69 Å². The van der Waals surface area contributed by atoms with Crippen molar-refractivity contribution < 1.29 is 18.1 Å². The van der Waals surface area contributed by atoms with Crippen LogP contribution in [0, 0.1) is 10.1 Å². The highest BCUT2D eigenvalue weighted by Gasteiger charge is 2.27. The van der Waals surface area contributed by atoms with Gasteiger partial charge in [0.15, 0.2) is 0 Å². The number of nitro groups is 1. The first kappa shape index (κ1) is 14.9. The molecule has 9 heteroatoms. The Balaban J connectivity index is 2.64. The maximum atomic E-state index is 11.9. The molecular formula is C9H8ClF3N2O2S. The van der Waals surface area contributed by atoms with Crippen molar-refractivity contribution >= 4 is 34.7 Å². The maximum absolute atomic E-state index is 11.9. The van der Waals surface area contributed by atoms with E-state index in [-0.39, 0.29) is 40.5 Å². The van der Waals surface area contributed by atoms with Crippen LogP contribution >= 0.6 is 23.4 Å². The molecule has 0 saturated heterocycles. The lowest BCUT2D eigenvalue weighted by atomic mass is 10.2. The quantitative estimate of drug-likeness (QED) is 0.509. The fourth-order valence-corrected chi connectivity index (χ4v) is 1.85. The minimum atomic E-state index is -4.31. The average Bonchev–Trinajstić information content (AvgIpc) is 2.24. The average molecular weight is 301 g/mol. The van der Waals surface area contributed by atoms with Crippen molar-refractivity contribution in [3.05, 3.63) is 33.3 Å². The smallest absolute Gasteiger partial charge is 0.377 e. The molecule has 0 spiro atoms. The number of thioether (sulfide) groups is 1. The Morgan fingerprint density at radius 1 is 1.44 bits per heavy atom. The van der Waals surface area contributed by atoms with Crippen LogP contribution in [0.1, 0.15) is 0 Å². The Morgan fingerprint density at radius 2 is 2.11 bits per heavy atom. The molecule has 0 heterocycles. The lowest BCUT2D eigenvalue weighted by Gasteiger charge is -2.09. The zero-order valence-electron chi connectivity index (χ0n) is 8.83. The number of hydrogen-bond donors (Lipinski definition) is 1. The normalized spacial score (nSPS) is 11.3. The first-order valence-corrected chi connectivity index (χ1v) is 6.05. The topological polar surface area (TPSA) is 55.2 Å². The van der Waals surface area contributed by atoms with Gasteiger partial charge in [0.2, 0.25) is 0 Å². The summed E-state index contributed by atoms with van der Waals surface area (Å²) in [6.45, 7) is -0.0747. The van der Waals surface area contributed by atoms with Gasteiger partial charge in [-0.2, -0.15) is 13.2 Å². The second-order valence-electron chi connectivity index (χ2n) is 3.11. The second-order valence-corrected chi connectivity index (χ2v) is 4.68. The second kappa shape index (κ2) is 6.14. The molecule has 4 nitrogen and oxygen atoms in total. The van der Waals surface area contributed by atoms with E-state index in [1.54, 1.807) is 0 Å². The Labute approximate surface area is 110 Å². The van der Waals surface area contributed by atoms with Gasteiger partial charge in [-0.15, -0.1) is 0 Å². The van der Waals surface area contributed by atoms with E-state index >= 15 is 0 Å². The van der Waals surface area contributed by atoms with Crippen LogP contribution in [0.15, 0.2) is 18.2 Å². The van der Waals surface area contributed by atoms with Crippen LogP contribution < -0.4 is 5.32 Å². The number of rotatable bonds is 5. The highest BCUT2D eigenvalue weighted by atomic mass is 35.5. The van der Waals surface area contributed by atoms with E-state index in [0.717, 1.165) is 0 Å². The third-order valence-electron chi connectivity index (χ3n) is 1.86. The number of nitrogens with zero attached hydrogens (tertiary/aromatic N) is 1. The van der Waals surface area contributed by atoms with E-state index < -0.39 is 10.4 Å². The third kappa shape index (κ3) is 4.61. The minimum absolute atomic E-state index is 0.0342. The van der Waals surface area contributed by atoms with Crippen molar-refractivity contribution in [1.29, 1.82) is 0 Å². The van der Waals surface area contributed by atoms with Gasteiger partial charge in [-0.25, -0.2) is 0 Å². The van der Waals surface area contributed by atoms with Crippen LogP contribution in [-0.2, 0) is 0 Å². The van der Waals surface area contributed by atoms with Crippen molar-refractivity contribution in [1.82, 2.24) is 0 Å². The maximum Gasteiger partial charge on any atom is 0.441 e. The van der Waals surface area contributed by atoms with E-state index in [9.17, 15) is 23.3 Å². The summed E-state index contributed by atoms with van der Waals surface area (Å²) in [7, 11) is 0. The molecule has 0 bridgehead atoms. The van der Waals surface area contributed by atoms with Crippen molar-refractivity contribution in [3.8, 4) is 0 Å². The van der Waals surface area contributed by atoms with E-state index in [4.69, 9.17) is 11.6 Å². The Morgan fingerprint density at radius 3 is 2.67 bits per heavy atom. The van der Waals surface area contributed by atoms with Crippen molar-refractivity contribution in [2.45, 2.75) is 5.51 Å². The Hall–Kier alpha value is -1.15. The third-order valence-corrected chi connectivity index (χ3v) is 2.91. The van der Waals surface area contributed by atoms with Crippen LogP contribution in [0.4, 0.5) is 24.5 Å². The van der Waals surface area contributed by atoms with Crippen LogP contribution in [-0.4, -0.2) is 22.7 Å². The number of benzene rings is 1. The molecule has 100 valence electrons. The predicted molar refractivity (Wildman–Crippen MR) is 65.1 cm³/mol. The van der Waals surface area contributed by atoms with Crippen molar-refractivity contribution in [2.75, 3.05) is 17.6 Å². The number of alkyl halides is 3. The van der Waals surface area contributed by atoms with Gasteiger partial charge in [0, 0.05) is 18.4 Å². The number of nitrogens with one attached hydrogen (secondary N) is 1. The van der Waals surface area contributed by atoms with E-state index in [2.05, 4.69) is 5.32 Å². The molecule has 0 aromatic heterocycles. The van der Waals surface area contributed by atoms with E-state index in [0.29, 0.717) is 0 Å². The molecule has 0 unspecified atom stereocenters. The van der Waals surface area contributed by atoms with Gasteiger partial charge in [0.05, 0.1) is 9.95 Å². The number of nitro benzene ring substituents is 1. The first-order chi connectivity index (χ1) is 8.31. The molecule has 1 aromatic rings. The highest BCUT2D eigenvalue weighted by molar-refractivity contribution is 8.00. The summed E-state index contributed by atoms with van der Waals surface area (Å²) in [5, 5.41) is 13.3. The number of anilines is 1. The summed E-state index contributed by atoms with van der Waals surface area (Å²) < 4.78 is 35.6. The minimum Gasteiger partial charge on any atom is -0.377 e. The van der Waals surface area contributed by atoms with Crippen LogP contribution in [0.25, 0.3) is 0 Å². The van der Waals surface area contributed by atoms with Crippen LogP contribution in [0.2, 0.25) is 5.02 Å². The highest BCUT2D eigenvalue weighted by Crippen LogP contribution is 2.33. The molecule has 0 fully saturated rings. The van der Waals surface area contributed by atoms with E-state index in [1.807, 2.05) is 0 Å². The fourth-order valence-electron chi connectivity index (χ4n) is 1.18. The van der Waals surface area contributed by atoms with Gasteiger partial charge >= 0.3 is 5.51 Å². The molecule has 18 heavy (non-hydrogen) atoms. The first-order valence-electron chi connectivity index (χ1n) is 4.69. The molecule has 1 rings (SSSR count). The predicted octanol–water partition coefficient (Wildman–Crippen LogP) is 3.91. The number of para-hydroxylation sites is 1. The van der Waals surface area contributed by atoms with Gasteiger partial charge in [-0.05, 0) is 17.8 Å². The molecule has 0 aliphatic carbocycles. The zero-order valence-corrected chi connectivity index (χ0v) is 10.4. The lowest BCUT2D eigenvalue weighted by molar-refractivity contribution is -0.383. The molecule has 0 aliphatic heterocycles. The molecular weight excluding hydrogens is 293 g/mol. The van der Waals surface area contributed by atoms with Gasteiger partial charge in [-0.3, -0.25) is 10.1 Å². The van der Waals surface area contributed by atoms with Gasteiger partial charge < -0.3 is 5.32 Å². The zero-order chi connectivity index (χ0) is 13.8. The van der Waals surface area contributed by atoms with Gasteiger partial charge in [0.25, 0.3) is 5.69 Å². The summed E-state index contributed by atoms with van der Waals surface area (Å²) >= 11 is 5.54. The molecule has 0 amide bonds. The lowest BCUT2D eigenvalue weighted by Crippen LogP contribution is -2.10. The fraction of sp³-hybridized carbons (Fsp3) is 0.333. The molecule has 0 saturated carbocycles. The molecule has 1 N–H and O–H groups in total. The van der Waals surface area contributed by atoms with Crippen molar-refractivity contribution in [2.24, 2.45) is 0 Å². The van der Waals surface area contributed by atoms with Crippen LogP contribution in [0.5, 0.6) is 0 Å². The summed E-state index contributed by atoms with van der Waals surface area (Å²) in [6.07, 6.45) is 0. The largest absolute Gasteiger partial charge is 0.441 e. The molecule has 0 aliphatic rings. The monoisotopic (exact) mass is 300 g/mol. The van der Waals surface area contributed by atoms with E-state index in [1.165, 1.54) is 18.2 Å². The van der Waals surface area contributed by atoms with Crippen LogP contribution in [0.3, 0.4) is 0 Å². The summed E-state index contributed by atoms with van der Waals surface area (Å²) in [5.41, 5.74) is -4.54. The standard InChI is InChI=1S/C9H8ClF3N2O2S/c10-6-2-1-3-7(15(16)17)8(6)14-4-5-18-9(11,12)13/h1-3,14H,4-5H2. The summed E-state index contributed by atoms with van der Waals surface area (Å²) in [6, 6.07) is 4.05. The molecule has 0 radical (unpaired) electrons. The Kier molecular flexibility index (Phi) is 5.09.